The molecule has 2 heterocycles. The third kappa shape index (κ3) is 3.57. The Kier molecular flexibility index (Phi) is 5.47. The molecule has 0 saturated heterocycles. The van der Waals surface area contributed by atoms with Gasteiger partial charge in [0.2, 0.25) is 0 Å². The van der Waals surface area contributed by atoms with E-state index in [-0.39, 0.29) is 17.6 Å². The summed E-state index contributed by atoms with van der Waals surface area (Å²) in [6, 6.07) is 2.63. The van der Waals surface area contributed by atoms with Gasteiger partial charge in [-0.1, -0.05) is 13.8 Å². The van der Waals surface area contributed by atoms with Crippen LogP contribution in [0.15, 0.2) is 24.5 Å². The summed E-state index contributed by atoms with van der Waals surface area (Å²) in [6.45, 7) is 7.79. The molecule has 1 unspecified atom stereocenters. The zero-order valence-corrected chi connectivity index (χ0v) is 14.0. The van der Waals surface area contributed by atoms with Crippen LogP contribution in [0.3, 0.4) is 0 Å². The zero-order valence-electron chi connectivity index (χ0n) is 14.0. The van der Waals surface area contributed by atoms with Crippen LogP contribution in [-0.2, 0) is 0 Å². The Balaban J connectivity index is 2.17. The normalized spacial score (nSPS) is 12.4. The van der Waals surface area contributed by atoms with Gasteiger partial charge in [0.25, 0.3) is 5.91 Å². The summed E-state index contributed by atoms with van der Waals surface area (Å²) in [4.78, 5) is 16.5. The van der Waals surface area contributed by atoms with Crippen molar-refractivity contribution in [1.82, 2.24) is 20.1 Å². The van der Waals surface area contributed by atoms with E-state index < -0.39 is 11.9 Å². The first kappa shape index (κ1) is 17.1. The summed E-state index contributed by atoms with van der Waals surface area (Å²) < 4.78 is 15.6. The standard InChI is InChI=1S/C17H23FN4O/c1-5-13(6-2)22-12(4)14(10-20-22)17(23)21-11(3)16-15(18)8-7-9-19-16/h7-11,13H,5-6H2,1-4H3,(H,21,23). The lowest BCUT2D eigenvalue weighted by Gasteiger charge is -2.16. The molecule has 6 heteroatoms. The first-order valence-corrected chi connectivity index (χ1v) is 7.94. The summed E-state index contributed by atoms with van der Waals surface area (Å²) in [5, 5.41) is 7.13. The Morgan fingerprint density at radius 2 is 2.09 bits per heavy atom. The Morgan fingerprint density at radius 1 is 1.39 bits per heavy atom. The van der Waals surface area contributed by atoms with E-state index in [1.165, 1.54) is 18.3 Å². The lowest BCUT2D eigenvalue weighted by molar-refractivity contribution is 0.0937. The predicted octanol–water partition coefficient (Wildman–Crippen LogP) is 3.58. The predicted molar refractivity (Wildman–Crippen MR) is 86.7 cm³/mol. The number of halogens is 1. The number of hydrogen-bond acceptors (Lipinski definition) is 3. The largest absolute Gasteiger partial charge is 0.344 e. The lowest BCUT2D eigenvalue weighted by Crippen LogP contribution is -2.28. The Hall–Kier alpha value is -2.24. The third-order valence-corrected chi connectivity index (χ3v) is 4.12. The van der Waals surface area contributed by atoms with Gasteiger partial charge in [0.1, 0.15) is 5.82 Å². The molecular formula is C17H23FN4O. The number of aromatic nitrogens is 3. The highest BCUT2D eigenvalue weighted by molar-refractivity contribution is 5.95. The maximum Gasteiger partial charge on any atom is 0.255 e. The van der Waals surface area contributed by atoms with Crippen LogP contribution in [-0.4, -0.2) is 20.7 Å². The molecule has 0 aliphatic rings. The second kappa shape index (κ2) is 7.35. The number of pyridine rings is 1. The molecule has 0 radical (unpaired) electrons. The van der Waals surface area contributed by atoms with E-state index in [4.69, 9.17) is 0 Å². The van der Waals surface area contributed by atoms with Gasteiger partial charge in [0.05, 0.1) is 29.5 Å². The van der Waals surface area contributed by atoms with Crippen molar-refractivity contribution in [3.8, 4) is 0 Å². The SMILES string of the molecule is CCC(CC)n1ncc(C(=O)NC(C)c2ncccc2F)c1C. The number of carbonyl (C=O) groups excluding carboxylic acids is 1. The van der Waals surface area contributed by atoms with E-state index in [0.717, 1.165) is 18.5 Å². The fourth-order valence-electron chi connectivity index (χ4n) is 2.71. The van der Waals surface area contributed by atoms with Crippen LogP contribution in [0, 0.1) is 12.7 Å². The Bertz CT molecular complexity index is 679. The van der Waals surface area contributed by atoms with Crippen LogP contribution in [0.1, 0.15) is 67.4 Å². The van der Waals surface area contributed by atoms with E-state index in [2.05, 4.69) is 29.2 Å². The van der Waals surface area contributed by atoms with Gasteiger partial charge in [-0.15, -0.1) is 0 Å². The second-order valence-corrected chi connectivity index (χ2v) is 5.62. The van der Waals surface area contributed by atoms with Crippen molar-refractivity contribution in [3.63, 3.8) is 0 Å². The van der Waals surface area contributed by atoms with Crippen molar-refractivity contribution in [2.24, 2.45) is 0 Å². The molecule has 0 aliphatic heterocycles. The smallest absolute Gasteiger partial charge is 0.255 e. The Morgan fingerprint density at radius 3 is 2.70 bits per heavy atom. The minimum Gasteiger partial charge on any atom is -0.344 e. The number of hydrogen-bond donors (Lipinski definition) is 1. The molecular weight excluding hydrogens is 295 g/mol. The number of nitrogens with one attached hydrogen (secondary N) is 1. The lowest BCUT2D eigenvalue weighted by atomic mass is 10.1. The van der Waals surface area contributed by atoms with E-state index in [1.807, 2.05) is 11.6 Å². The van der Waals surface area contributed by atoms with Crippen molar-refractivity contribution >= 4 is 5.91 Å². The average Bonchev–Trinajstić information content (AvgIpc) is 2.91. The number of rotatable bonds is 6. The molecule has 2 aromatic rings. The topological polar surface area (TPSA) is 59.8 Å². The van der Waals surface area contributed by atoms with E-state index in [0.29, 0.717) is 5.56 Å². The molecule has 2 rings (SSSR count). The zero-order chi connectivity index (χ0) is 17.0. The summed E-state index contributed by atoms with van der Waals surface area (Å²) in [5.74, 6) is -0.693. The second-order valence-electron chi connectivity index (χ2n) is 5.62. The van der Waals surface area contributed by atoms with Gasteiger partial charge in [0.15, 0.2) is 0 Å². The van der Waals surface area contributed by atoms with Gasteiger partial charge >= 0.3 is 0 Å². The van der Waals surface area contributed by atoms with E-state index in [9.17, 15) is 9.18 Å². The van der Waals surface area contributed by atoms with Crippen molar-refractivity contribution in [2.45, 2.75) is 52.6 Å². The number of carbonyl (C=O) groups is 1. The van der Waals surface area contributed by atoms with Crippen LogP contribution in [0.5, 0.6) is 0 Å². The fourth-order valence-corrected chi connectivity index (χ4v) is 2.71. The van der Waals surface area contributed by atoms with Crippen LogP contribution < -0.4 is 5.32 Å². The maximum atomic E-state index is 13.7. The molecule has 5 nitrogen and oxygen atoms in total. The monoisotopic (exact) mass is 318 g/mol. The van der Waals surface area contributed by atoms with Crippen molar-refractivity contribution in [3.05, 3.63) is 47.3 Å². The quantitative estimate of drug-likeness (QED) is 0.885. The summed E-state index contributed by atoms with van der Waals surface area (Å²) in [5.41, 5.74) is 1.57. The van der Waals surface area contributed by atoms with Gasteiger partial charge in [-0.3, -0.25) is 14.5 Å². The number of nitrogens with zero attached hydrogens (tertiary/aromatic N) is 3. The molecule has 0 aromatic carbocycles. The van der Waals surface area contributed by atoms with Crippen molar-refractivity contribution in [2.75, 3.05) is 0 Å². The molecule has 0 spiro atoms. The Labute approximate surface area is 135 Å². The highest BCUT2D eigenvalue weighted by atomic mass is 19.1. The van der Waals surface area contributed by atoms with Crippen LogP contribution >= 0.6 is 0 Å². The van der Waals surface area contributed by atoms with Crippen LogP contribution in [0.4, 0.5) is 4.39 Å². The molecule has 1 amide bonds. The van der Waals surface area contributed by atoms with Crippen LogP contribution in [0.2, 0.25) is 0 Å². The van der Waals surface area contributed by atoms with E-state index >= 15 is 0 Å². The highest BCUT2D eigenvalue weighted by Gasteiger charge is 2.21. The van der Waals surface area contributed by atoms with Gasteiger partial charge < -0.3 is 5.32 Å². The average molecular weight is 318 g/mol. The minimum atomic E-state index is -0.514. The van der Waals surface area contributed by atoms with Gasteiger partial charge in [-0.25, -0.2) is 4.39 Å². The van der Waals surface area contributed by atoms with E-state index in [1.54, 1.807) is 13.1 Å². The molecule has 0 bridgehead atoms. The molecule has 124 valence electrons. The van der Waals surface area contributed by atoms with Gasteiger partial charge in [-0.05, 0) is 38.8 Å². The van der Waals surface area contributed by atoms with Crippen LogP contribution in [0.25, 0.3) is 0 Å². The first-order valence-electron chi connectivity index (χ1n) is 7.94. The first-order chi connectivity index (χ1) is 11.0. The molecule has 0 saturated carbocycles. The third-order valence-electron chi connectivity index (χ3n) is 4.12. The van der Waals surface area contributed by atoms with Gasteiger partial charge in [0, 0.05) is 11.9 Å². The molecule has 2 aromatic heterocycles. The summed E-state index contributed by atoms with van der Waals surface area (Å²) in [7, 11) is 0. The summed E-state index contributed by atoms with van der Waals surface area (Å²) >= 11 is 0. The van der Waals surface area contributed by atoms with Gasteiger partial charge in [-0.2, -0.15) is 5.10 Å². The van der Waals surface area contributed by atoms with Crippen molar-refractivity contribution in [1.29, 1.82) is 0 Å². The van der Waals surface area contributed by atoms with Crippen molar-refractivity contribution < 1.29 is 9.18 Å². The summed E-state index contributed by atoms with van der Waals surface area (Å²) in [6.07, 6.45) is 4.99. The molecule has 0 aliphatic carbocycles. The fraction of sp³-hybridized carbons (Fsp3) is 0.471. The highest BCUT2D eigenvalue weighted by Crippen LogP contribution is 2.20. The minimum absolute atomic E-state index is 0.228. The molecule has 23 heavy (non-hydrogen) atoms. The molecule has 1 N–H and O–H groups in total. The molecule has 0 fully saturated rings. The molecule has 1 atom stereocenters. The maximum absolute atomic E-state index is 13.7. The number of amides is 1.